The van der Waals surface area contributed by atoms with Gasteiger partial charge in [-0.1, -0.05) is 60.7 Å². The lowest BCUT2D eigenvalue weighted by atomic mass is 10.1. The second kappa shape index (κ2) is 11.1. The van der Waals surface area contributed by atoms with Crippen molar-refractivity contribution in [2.24, 2.45) is 10.9 Å². The van der Waals surface area contributed by atoms with Gasteiger partial charge < -0.3 is 15.0 Å². The molecular weight excluding hydrogens is 410 g/mol. The molecule has 1 aromatic heterocycles. The SMILES string of the molecule is CN=C(NCc1c(C)nn(Cc2ccccc2)c1C)N1CCC(COCc2ccccc2)C1. The van der Waals surface area contributed by atoms with Gasteiger partial charge >= 0.3 is 0 Å². The maximum absolute atomic E-state index is 5.98. The largest absolute Gasteiger partial charge is 0.376 e. The Hall–Kier alpha value is -3.12. The van der Waals surface area contributed by atoms with Gasteiger partial charge in [-0.3, -0.25) is 9.67 Å². The van der Waals surface area contributed by atoms with Crippen molar-refractivity contribution in [3.05, 3.63) is 88.7 Å². The number of nitrogens with one attached hydrogen (secondary N) is 1. The van der Waals surface area contributed by atoms with E-state index in [4.69, 9.17) is 9.84 Å². The molecule has 0 bridgehead atoms. The van der Waals surface area contributed by atoms with Crippen LogP contribution in [0.4, 0.5) is 0 Å². The van der Waals surface area contributed by atoms with Crippen LogP contribution in [0.5, 0.6) is 0 Å². The number of benzene rings is 2. The molecule has 0 aliphatic carbocycles. The van der Waals surface area contributed by atoms with Gasteiger partial charge in [-0.15, -0.1) is 0 Å². The molecule has 2 aromatic carbocycles. The molecule has 0 spiro atoms. The maximum atomic E-state index is 5.98. The van der Waals surface area contributed by atoms with Crippen molar-refractivity contribution >= 4 is 5.96 Å². The van der Waals surface area contributed by atoms with Gasteiger partial charge in [0.25, 0.3) is 0 Å². The summed E-state index contributed by atoms with van der Waals surface area (Å²) < 4.78 is 8.08. The summed E-state index contributed by atoms with van der Waals surface area (Å²) in [6.45, 7) is 9.19. The van der Waals surface area contributed by atoms with Gasteiger partial charge in [-0.2, -0.15) is 5.10 Å². The molecule has 1 saturated heterocycles. The molecule has 33 heavy (non-hydrogen) atoms. The minimum atomic E-state index is 0.532. The summed E-state index contributed by atoms with van der Waals surface area (Å²) in [7, 11) is 1.86. The summed E-state index contributed by atoms with van der Waals surface area (Å²) >= 11 is 0. The minimum absolute atomic E-state index is 0.532. The Morgan fingerprint density at radius 1 is 1.06 bits per heavy atom. The van der Waals surface area contributed by atoms with Crippen molar-refractivity contribution in [1.29, 1.82) is 0 Å². The highest BCUT2D eigenvalue weighted by Gasteiger charge is 2.25. The zero-order valence-corrected chi connectivity index (χ0v) is 20.0. The van der Waals surface area contributed by atoms with Gasteiger partial charge in [-0.25, -0.2) is 0 Å². The third kappa shape index (κ3) is 6.02. The zero-order valence-electron chi connectivity index (χ0n) is 20.0. The number of aromatic nitrogens is 2. The third-order valence-corrected chi connectivity index (χ3v) is 6.39. The van der Waals surface area contributed by atoms with E-state index >= 15 is 0 Å². The summed E-state index contributed by atoms with van der Waals surface area (Å²) in [5.74, 6) is 1.49. The van der Waals surface area contributed by atoms with Crippen LogP contribution in [0, 0.1) is 19.8 Å². The van der Waals surface area contributed by atoms with Crippen LogP contribution in [-0.4, -0.2) is 47.4 Å². The van der Waals surface area contributed by atoms with Crippen molar-refractivity contribution in [3.63, 3.8) is 0 Å². The molecule has 0 saturated carbocycles. The molecule has 0 radical (unpaired) electrons. The second-order valence-electron chi connectivity index (χ2n) is 8.79. The summed E-state index contributed by atoms with van der Waals surface area (Å²) in [4.78, 5) is 6.89. The van der Waals surface area contributed by atoms with E-state index in [1.54, 1.807) is 0 Å². The highest BCUT2D eigenvalue weighted by molar-refractivity contribution is 5.80. The summed E-state index contributed by atoms with van der Waals surface area (Å²) in [5, 5.41) is 8.35. The first kappa shape index (κ1) is 23.1. The molecule has 3 aromatic rings. The second-order valence-corrected chi connectivity index (χ2v) is 8.79. The van der Waals surface area contributed by atoms with Crippen LogP contribution in [0.3, 0.4) is 0 Å². The number of hydrogen-bond donors (Lipinski definition) is 1. The number of rotatable bonds is 8. The van der Waals surface area contributed by atoms with E-state index in [9.17, 15) is 0 Å². The molecule has 1 atom stereocenters. The molecule has 6 nitrogen and oxygen atoms in total. The van der Waals surface area contributed by atoms with E-state index in [-0.39, 0.29) is 0 Å². The lowest BCUT2D eigenvalue weighted by Gasteiger charge is -2.22. The number of likely N-dealkylation sites (tertiary alicyclic amines) is 1. The summed E-state index contributed by atoms with van der Waals surface area (Å²) in [6, 6.07) is 20.8. The van der Waals surface area contributed by atoms with Crippen LogP contribution in [0.1, 0.15) is 34.5 Å². The van der Waals surface area contributed by atoms with Gasteiger partial charge in [0.1, 0.15) is 0 Å². The molecule has 1 aliphatic rings. The van der Waals surface area contributed by atoms with Crippen LogP contribution in [0.15, 0.2) is 65.7 Å². The van der Waals surface area contributed by atoms with Crippen molar-refractivity contribution < 1.29 is 4.74 Å². The Morgan fingerprint density at radius 3 is 2.45 bits per heavy atom. The number of guanidine groups is 1. The van der Waals surface area contributed by atoms with Crippen molar-refractivity contribution in [2.75, 3.05) is 26.7 Å². The lowest BCUT2D eigenvalue weighted by Crippen LogP contribution is -2.40. The number of hydrogen-bond acceptors (Lipinski definition) is 3. The van der Waals surface area contributed by atoms with Crippen LogP contribution >= 0.6 is 0 Å². The minimum Gasteiger partial charge on any atom is -0.376 e. The monoisotopic (exact) mass is 445 g/mol. The Balaban J connectivity index is 1.28. The van der Waals surface area contributed by atoms with E-state index in [0.29, 0.717) is 12.5 Å². The molecule has 1 fully saturated rings. The predicted molar refractivity (Wildman–Crippen MR) is 133 cm³/mol. The maximum Gasteiger partial charge on any atom is 0.193 e. The lowest BCUT2D eigenvalue weighted by molar-refractivity contribution is 0.0906. The molecule has 174 valence electrons. The van der Waals surface area contributed by atoms with E-state index in [2.05, 4.69) is 82.3 Å². The highest BCUT2D eigenvalue weighted by atomic mass is 16.5. The van der Waals surface area contributed by atoms with Gasteiger partial charge in [-0.05, 0) is 31.4 Å². The van der Waals surface area contributed by atoms with Gasteiger partial charge in [0, 0.05) is 43.9 Å². The first-order valence-corrected chi connectivity index (χ1v) is 11.8. The van der Waals surface area contributed by atoms with Crippen LogP contribution in [0.2, 0.25) is 0 Å². The Labute approximate surface area is 197 Å². The van der Waals surface area contributed by atoms with E-state index in [1.165, 1.54) is 22.4 Å². The van der Waals surface area contributed by atoms with Crippen LogP contribution in [-0.2, 0) is 24.4 Å². The molecule has 0 amide bonds. The molecule has 4 rings (SSSR count). The van der Waals surface area contributed by atoms with E-state index in [0.717, 1.165) is 50.9 Å². The topological polar surface area (TPSA) is 54.7 Å². The van der Waals surface area contributed by atoms with Crippen molar-refractivity contribution in [1.82, 2.24) is 20.0 Å². The summed E-state index contributed by atoms with van der Waals surface area (Å²) in [5.41, 5.74) is 6.00. The van der Waals surface area contributed by atoms with E-state index in [1.807, 2.05) is 19.2 Å². The standard InChI is InChI=1S/C27H35N5O/c1-21-26(22(2)32(30-21)18-23-10-6-4-7-11-23)16-29-27(28-3)31-15-14-25(17-31)20-33-19-24-12-8-5-9-13-24/h4-13,25H,14-20H2,1-3H3,(H,28,29). The quantitative estimate of drug-likeness (QED) is 0.418. The molecular formula is C27H35N5O. The van der Waals surface area contributed by atoms with E-state index < -0.39 is 0 Å². The smallest absolute Gasteiger partial charge is 0.193 e. The number of ether oxygens (including phenoxy) is 1. The van der Waals surface area contributed by atoms with Crippen molar-refractivity contribution in [3.8, 4) is 0 Å². The number of aryl methyl sites for hydroxylation is 1. The molecule has 1 N–H and O–H groups in total. The average molecular weight is 446 g/mol. The third-order valence-electron chi connectivity index (χ3n) is 6.39. The predicted octanol–water partition coefficient (Wildman–Crippen LogP) is 4.16. The first-order valence-electron chi connectivity index (χ1n) is 11.8. The fourth-order valence-electron chi connectivity index (χ4n) is 4.48. The Morgan fingerprint density at radius 2 is 1.76 bits per heavy atom. The van der Waals surface area contributed by atoms with Crippen molar-refractivity contribution in [2.45, 2.75) is 40.0 Å². The van der Waals surface area contributed by atoms with Crippen LogP contribution < -0.4 is 5.32 Å². The Bertz CT molecular complexity index is 1050. The first-order chi connectivity index (χ1) is 16.1. The molecule has 1 unspecified atom stereocenters. The highest BCUT2D eigenvalue weighted by Crippen LogP contribution is 2.19. The zero-order chi connectivity index (χ0) is 23.0. The van der Waals surface area contributed by atoms with Gasteiger partial charge in [0.05, 0.1) is 25.5 Å². The molecule has 6 heteroatoms. The number of aliphatic imine (C=N–C) groups is 1. The number of nitrogens with zero attached hydrogens (tertiary/aromatic N) is 4. The average Bonchev–Trinajstić information content (AvgIpc) is 3.41. The fourth-order valence-corrected chi connectivity index (χ4v) is 4.48. The van der Waals surface area contributed by atoms with Gasteiger partial charge in [0.2, 0.25) is 0 Å². The normalized spacial score (nSPS) is 16.4. The summed E-state index contributed by atoms with van der Waals surface area (Å²) in [6.07, 6.45) is 1.13. The fraction of sp³-hybridized carbons (Fsp3) is 0.407. The Kier molecular flexibility index (Phi) is 7.79. The molecule has 1 aliphatic heterocycles. The van der Waals surface area contributed by atoms with Gasteiger partial charge in [0.15, 0.2) is 5.96 Å². The molecule has 2 heterocycles. The van der Waals surface area contributed by atoms with Crippen LogP contribution in [0.25, 0.3) is 0 Å².